The second-order valence-electron chi connectivity index (χ2n) is 2.79. The summed E-state index contributed by atoms with van der Waals surface area (Å²) in [6.07, 6.45) is 1.28. The van der Waals surface area contributed by atoms with E-state index in [2.05, 4.69) is 59.8 Å². The van der Waals surface area contributed by atoms with Gasteiger partial charge in [0.05, 0.1) is 0 Å². The van der Waals surface area contributed by atoms with E-state index in [0.717, 1.165) is 0 Å². The molecule has 0 aromatic heterocycles. The molecule has 0 N–H and O–H groups in total. The van der Waals surface area contributed by atoms with Crippen LogP contribution in [0.5, 0.6) is 0 Å². The minimum Gasteiger partial charge on any atom is -0.0864 e. The molecule has 0 spiro atoms. The molecule has 0 aliphatic heterocycles. The molecule has 0 saturated heterocycles. The molecular formula is C10H13I. The smallest absolute Gasteiger partial charge is 0.0000988 e. The molecule has 0 fully saturated rings. The summed E-state index contributed by atoms with van der Waals surface area (Å²) in [5.41, 5.74) is 1.46. The van der Waals surface area contributed by atoms with Crippen LogP contribution >= 0.6 is 22.6 Å². The molecule has 0 radical (unpaired) electrons. The van der Waals surface area contributed by atoms with E-state index in [1.54, 1.807) is 0 Å². The fourth-order valence-electron chi connectivity index (χ4n) is 1.11. The predicted molar refractivity (Wildman–Crippen MR) is 58.4 cm³/mol. The van der Waals surface area contributed by atoms with E-state index in [1.165, 1.54) is 16.4 Å². The summed E-state index contributed by atoms with van der Waals surface area (Å²) >= 11 is 2.43. The van der Waals surface area contributed by atoms with Crippen LogP contribution in [0.1, 0.15) is 24.8 Å². The molecule has 0 nitrogen and oxygen atoms in total. The van der Waals surface area contributed by atoms with Gasteiger partial charge in [0.2, 0.25) is 0 Å². The minimum atomic E-state index is 0.716. The molecule has 0 unspecified atom stereocenters. The average molecular weight is 260 g/mol. The van der Waals surface area contributed by atoms with Crippen molar-refractivity contribution in [2.75, 3.05) is 4.43 Å². The Bertz CT molecular complexity index is 193. The maximum Gasteiger partial charge on any atom is 0.0000988 e. The van der Waals surface area contributed by atoms with Gasteiger partial charge in [0, 0.05) is 4.43 Å². The summed E-state index contributed by atoms with van der Waals surface area (Å²) in [6, 6.07) is 10.7. The molecule has 1 rings (SSSR count). The summed E-state index contributed by atoms with van der Waals surface area (Å²) in [7, 11) is 0. The van der Waals surface area contributed by atoms with Crippen LogP contribution in [-0.2, 0) is 0 Å². The van der Waals surface area contributed by atoms with Crippen molar-refractivity contribution < 1.29 is 0 Å². The highest BCUT2D eigenvalue weighted by atomic mass is 127. The summed E-state index contributed by atoms with van der Waals surface area (Å²) in [6.45, 7) is 2.29. The monoisotopic (exact) mass is 260 g/mol. The Labute approximate surface area is 82.2 Å². The lowest BCUT2D eigenvalue weighted by atomic mass is 9.99. The van der Waals surface area contributed by atoms with Gasteiger partial charge < -0.3 is 0 Å². The summed E-state index contributed by atoms with van der Waals surface area (Å²) in [4.78, 5) is 0. The molecular weight excluding hydrogens is 247 g/mol. The van der Waals surface area contributed by atoms with E-state index in [4.69, 9.17) is 0 Å². The molecule has 0 amide bonds. The summed E-state index contributed by atoms with van der Waals surface area (Å²) in [5, 5.41) is 0. The molecule has 1 atom stereocenters. The fraction of sp³-hybridized carbons (Fsp3) is 0.400. The van der Waals surface area contributed by atoms with Gasteiger partial charge in [-0.1, -0.05) is 59.8 Å². The Morgan fingerprint density at radius 1 is 1.27 bits per heavy atom. The number of benzene rings is 1. The molecule has 0 heterocycles. The Morgan fingerprint density at radius 3 is 2.45 bits per heavy atom. The van der Waals surface area contributed by atoms with Crippen LogP contribution in [0.15, 0.2) is 30.3 Å². The second kappa shape index (κ2) is 4.75. The van der Waals surface area contributed by atoms with Gasteiger partial charge in [-0.05, 0) is 17.9 Å². The van der Waals surface area contributed by atoms with Crippen LogP contribution in [-0.4, -0.2) is 4.43 Å². The van der Waals surface area contributed by atoms with Crippen LogP contribution in [0.25, 0.3) is 0 Å². The molecule has 11 heavy (non-hydrogen) atoms. The Kier molecular flexibility index (Phi) is 3.91. The van der Waals surface area contributed by atoms with Crippen molar-refractivity contribution in [2.24, 2.45) is 0 Å². The number of hydrogen-bond acceptors (Lipinski definition) is 0. The van der Waals surface area contributed by atoms with Crippen molar-refractivity contribution in [2.45, 2.75) is 19.3 Å². The normalized spacial score (nSPS) is 12.9. The second-order valence-corrected chi connectivity index (χ2v) is 3.87. The van der Waals surface area contributed by atoms with E-state index in [1.807, 2.05) is 0 Å². The molecule has 60 valence electrons. The zero-order chi connectivity index (χ0) is 8.10. The van der Waals surface area contributed by atoms with E-state index < -0.39 is 0 Å². The van der Waals surface area contributed by atoms with Crippen molar-refractivity contribution >= 4 is 22.6 Å². The Hall–Kier alpha value is -0.0500. The molecule has 1 aromatic rings. The van der Waals surface area contributed by atoms with Crippen molar-refractivity contribution in [3.05, 3.63) is 35.9 Å². The van der Waals surface area contributed by atoms with E-state index >= 15 is 0 Å². The van der Waals surface area contributed by atoms with Crippen LogP contribution < -0.4 is 0 Å². The molecule has 0 aliphatic rings. The third kappa shape index (κ3) is 2.81. The fourth-order valence-corrected chi connectivity index (χ4v) is 2.05. The topological polar surface area (TPSA) is 0 Å². The van der Waals surface area contributed by atoms with E-state index in [-0.39, 0.29) is 0 Å². The first-order valence-electron chi connectivity index (χ1n) is 3.95. The number of halogens is 1. The quantitative estimate of drug-likeness (QED) is 0.575. The maximum absolute atomic E-state index is 2.43. The molecule has 0 saturated carbocycles. The van der Waals surface area contributed by atoms with Gasteiger partial charge >= 0.3 is 0 Å². The highest BCUT2D eigenvalue weighted by Gasteiger charge is 2.01. The number of rotatable bonds is 3. The van der Waals surface area contributed by atoms with Crippen molar-refractivity contribution in [3.8, 4) is 0 Å². The van der Waals surface area contributed by atoms with Gasteiger partial charge in [-0.25, -0.2) is 0 Å². The van der Waals surface area contributed by atoms with Crippen molar-refractivity contribution in [1.82, 2.24) is 0 Å². The maximum atomic E-state index is 2.43. The van der Waals surface area contributed by atoms with E-state index in [0.29, 0.717) is 5.92 Å². The SMILES string of the molecule is C[C@H](CCI)c1ccccc1. The third-order valence-electron chi connectivity index (χ3n) is 1.91. The lowest BCUT2D eigenvalue weighted by Crippen LogP contribution is -1.92. The molecule has 1 aromatic carbocycles. The van der Waals surface area contributed by atoms with Crippen LogP contribution in [0.2, 0.25) is 0 Å². The average Bonchev–Trinajstić information content (AvgIpc) is 2.07. The van der Waals surface area contributed by atoms with Gasteiger partial charge in [-0.3, -0.25) is 0 Å². The Balaban J connectivity index is 2.61. The molecule has 0 aliphatic carbocycles. The third-order valence-corrected chi connectivity index (χ3v) is 2.53. The zero-order valence-electron chi connectivity index (χ0n) is 6.76. The predicted octanol–water partition coefficient (Wildman–Crippen LogP) is 3.62. The molecule has 1 heteroatoms. The number of hydrogen-bond donors (Lipinski definition) is 0. The summed E-state index contributed by atoms with van der Waals surface area (Å²) in [5.74, 6) is 0.716. The standard InChI is InChI=1S/C10H13I/c1-9(7-8-11)10-5-3-2-4-6-10/h2-6,9H,7-8H2,1H3/t9-/m1/s1. The lowest BCUT2D eigenvalue weighted by Gasteiger charge is -2.08. The first-order valence-corrected chi connectivity index (χ1v) is 5.48. The van der Waals surface area contributed by atoms with Crippen LogP contribution in [0.3, 0.4) is 0 Å². The first kappa shape index (κ1) is 9.04. The van der Waals surface area contributed by atoms with Crippen LogP contribution in [0, 0.1) is 0 Å². The van der Waals surface area contributed by atoms with Crippen molar-refractivity contribution in [3.63, 3.8) is 0 Å². The summed E-state index contributed by atoms with van der Waals surface area (Å²) < 4.78 is 1.24. The van der Waals surface area contributed by atoms with Gasteiger partial charge in [-0.15, -0.1) is 0 Å². The zero-order valence-corrected chi connectivity index (χ0v) is 8.91. The van der Waals surface area contributed by atoms with Gasteiger partial charge in [0.1, 0.15) is 0 Å². The number of alkyl halides is 1. The lowest BCUT2D eigenvalue weighted by molar-refractivity contribution is 0.747. The van der Waals surface area contributed by atoms with Gasteiger partial charge in [0.25, 0.3) is 0 Å². The highest BCUT2D eigenvalue weighted by molar-refractivity contribution is 14.1. The van der Waals surface area contributed by atoms with Gasteiger partial charge in [0.15, 0.2) is 0 Å². The highest BCUT2D eigenvalue weighted by Crippen LogP contribution is 2.18. The molecule has 0 bridgehead atoms. The van der Waals surface area contributed by atoms with Gasteiger partial charge in [-0.2, -0.15) is 0 Å². The van der Waals surface area contributed by atoms with E-state index in [9.17, 15) is 0 Å². The Morgan fingerprint density at radius 2 is 1.91 bits per heavy atom. The van der Waals surface area contributed by atoms with Crippen molar-refractivity contribution in [1.29, 1.82) is 0 Å². The van der Waals surface area contributed by atoms with Crippen LogP contribution in [0.4, 0.5) is 0 Å². The largest absolute Gasteiger partial charge is 0.0864 e. The minimum absolute atomic E-state index is 0.716. The first-order chi connectivity index (χ1) is 5.34.